The van der Waals surface area contributed by atoms with Crippen LogP contribution < -0.4 is 10.1 Å². The lowest BCUT2D eigenvalue weighted by Gasteiger charge is -2.31. The van der Waals surface area contributed by atoms with Crippen molar-refractivity contribution in [1.82, 2.24) is 10.2 Å². The Kier molecular flexibility index (Phi) is 9.66. The van der Waals surface area contributed by atoms with Crippen molar-refractivity contribution in [1.29, 1.82) is 0 Å². The quantitative estimate of drug-likeness (QED) is 0.521. The Labute approximate surface area is 194 Å². The molecule has 0 fully saturated rings. The van der Waals surface area contributed by atoms with E-state index in [1.54, 1.807) is 18.2 Å². The predicted octanol–water partition coefficient (Wildman–Crippen LogP) is 5.26. The van der Waals surface area contributed by atoms with Crippen LogP contribution in [0.25, 0.3) is 0 Å². The van der Waals surface area contributed by atoms with Crippen LogP contribution in [0.4, 0.5) is 0 Å². The van der Waals surface area contributed by atoms with Crippen molar-refractivity contribution >= 4 is 35.0 Å². The van der Waals surface area contributed by atoms with Gasteiger partial charge in [-0.2, -0.15) is 0 Å². The maximum absolute atomic E-state index is 13.2. The number of ether oxygens (including phenoxy) is 1. The fourth-order valence-electron chi connectivity index (χ4n) is 3.06. The van der Waals surface area contributed by atoms with E-state index in [0.717, 1.165) is 5.56 Å². The third kappa shape index (κ3) is 7.44. The number of carbonyl (C=O) groups is 2. The highest BCUT2D eigenvalue weighted by molar-refractivity contribution is 6.36. The lowest BCUT2D eigenvalue weighted by molar-refractivity contribution is -0.143. The molecule has 0 heterocycles. The van der Waals surface area contributed by atoms with Gasteiger partial charge in [0.1, 0.15) is 11.8 Å². The standard InChI is InChI=1S/C24H30Cl2N2O3/c1-5-22(24(30)27-13-16(2)3)28(14-19-20(25)7-6-8-21(19)26)23(29)15-31-18-11-9-17(4)10-12-18/h6-12,16,22H,5,13-15H2,1-4H3,(H,27,30)/t22-/m1/s1. The van der Waals surface area contributed by atoms with E-state index in [1.165, 1.54) is 4.90 Å². The number of hydrogen-bond acceptors (Lipinski definition) is 3. The normalized spacial score (nSPS) is 11.8. The van der Waals surface area contributed by atoms with Crippen molar-refractivity contribution in [2.45, 2.75) is 46.7 Å². The molecule has 0 aliphatic rings. The van der Waals surface area contributed by atoms with Crippen LogP contribution >= 0.6 is 23.2 Å². The third-order valence-electron chi connectivity index (χ3n) is 4.84. The van der Waals surface area contributed by atoms with E-state index in [9.17, 15) is 9.59 Å². The summed E-state index contributed by atoms with van der Waals surface area (Å²) >= 11 is 12.7. The second-order valence-electron chi connectivity index (χ2n) is 7.89. The summed E-state index contributed by atoms with van der Waals surface area (Å²) in [6.07, 6.45) is 0.447. The molecule has 31 heavy (non-hydrogen) atoms. The van der Waals surface area contributed by atoms with E-state index in [2.05, 4.69) is 5.32 Å². The Balaban J connectivity index is 2.25. The average molecular weight is 465 g/mol. The van der Waals surface area contributed by atoms with Crippen molar-refractivity contribution in [2.75, 3.05) is 13.2 Å². The van der Waals surface area contributed by atoms with Gasteiger partial charge in [-0.25, -0.2) is 0 Å². The number of nitrogens with one attached hydrogen (secondary N) is 1. The lowest BCUT2D eigenvalue weighted by Crippen LogP contribution is -2.50. The van der Waals surface area contributed by atoms with Gasteiger partial charge in [0.2, 0.25) is 5.91 Å². The molecular weight excluding hydrogens is 435 g/mol. The summed E-state index contributed by atoms with van der Waals surface area (Å²) in [7, 11) is 0. The Bertz CT molecular complexity index is 865. The number of halogens is 2. The highest BCUT2D eigenvalue weighted by Crippen LogP contribution is 2.27. The highest BCUT2D eigenvalue weighted by atomic mass is 35.5. The zero-order valence-corrected chi connectivity index (χ0v) is 20.0. The van der Waals surface area contributed by atoms with Crippen molar-refractivity contribution in [3.05, 3.63) is 63.6 Å². The molecule has 1 N–H and O–H groups in total. The summed E-state index contributed by atoms with van der Waals surface area (Å²) in [6, 6.07) is 12.0. The van der Waals surface area contributed by atoms with Crippen LogP contribution in [0.5, 0.6) is 5.75 Å². The zero-order chi connectivity index (χ0) is 23.0. The Hall–Kier alpha value is -2.24. The van der Waals surface area contributed by atoms with E-state index in [0.29, 0.717) is 40.2 Å². The smallest absolute Gasteiger partial charge is 0.261 e. The van der Waals surface area contributed by atoms with Gasteiger partial charge in [-0.15, -0.1) is 0 Å². The minimum Gasteiger partial charge on any atom is -0.484 e. The van der Waals surface area contributed by atoms with E-state index in [1.807, 2.05) is 52.0 Å². The SMILES string of the molecule is CC[C@H](C(=O)NCC(C)C)N(Cc1c(Cl)cccc1Cl)C(=O)COc1ccc(C)cc1. The number of hydrogen-bond donors (Lipinski definition) is 1. The molecule has 2 amide bonds. The first-order valence-electron chi connectivity index (χ1n) is 10.4. The minimum absolute atomic E-state index is 0.113. The van der Waals surface area contributed by atoms with Gasteiger partial charge in [0.15, 0.2) is 6.61 Å². The summed E-state index contributed by atoms with van der Waals surface area (Å²) in [6.45, 7) is 8.33. The minimum atomic E-state index is -0.666. The van der Waals surface area contributed by atoms with E-state index in [4.69, 9.17) is 27.9 Å². The van der Waals surface area contributed by atoms with Crippen LogP contribution in [-0.2, 0) is 16.1 Å². The van der Waals surface area contributed by atoms with Gasteiger partial charge < -0.3 is 15.0 Å². The van der Waals surface area contributed by atoms with Gasteiger partial charge in [0.05, 0.1) is 0 Å². The predicted molar refractivity (Wildman–Crippen MR) is 126 cm³/mol. The summed E-state index contributed by atoms with van der Waals surface area (Å²) < 4.78 is 5.69. The topological polar surface area (TPSA) is 58.6 Å². The second-order valence-corrected chi connectivity index (χ2v) is 8.70. The Morgan fingerprint density at radius 2 is 1.68 bits per heavy atom. The Morgan fingerprint density at radius 1 is 1.06 bits per heavy atom. The number of rotatable bonds is 10. The Morgan fingerprint density at radius 3 is 2.23 bits per heavy atom. The monoisotopic (exact) mass is 464 g/mol. The van der Waals surface area contributed by atoms with E-state index in [-0.39, 0.29) is 25.0 Å². The second kappa shape index (κ2) is 12.0. The largest absolute Gasteiger partial charge is 0.484 e. The number of carbonyl (C=O) groups excluding carboxylic acids is 2. The van der Waals surface area contributed by atoms with Crippen LogP contribution in [0.2, 0.25) is 10.0 Å². The van der Waals surface area contributed by atoms with Crippen LogP contribution in [0.3, 0.4) is 0 Å². The van der Waals surface area contributed by atoms with Gasteiger partial charge in [-0.3, -0.25) is 9.59 Å². The molecule has 168 valence electrons. The number of aryl methyl sites for hydroxylation is 1. The first-order valence-corrected chi connectivity index (χ1v) is 11.2. The molecule has 0 saturated heterocycles. The zero-order valence-electron chi connectivity index (χ0n) is 18.5. The summed E-state index contributed by atoms with van der Waals surface area (Å²) in [4.78, 5) is 27.6. The first-order chi connectivity index (χ1) is 14.7. The van der Waals surface area contributed by atoms with Gasteiger partial charge in [0, 0.05) is 28.7 Å². The van der Waals surface area contributed by atoms with Crippen LogP contribution in [-0.4, -0.2) is 35.9 Å². The van der Waals surface area contributed by atoms with E-state index < -0.39 is 6.04 Å². The average Bonchev–Trinajstić information content (AvgIpc) is 2.73. The number of benzene rings is 2. The van der Waals surface area contributed by atoms with Gasteiger partial charge in [-0.1, -0.05) is 67.7 Å². The maximum atomic E-state index is 13.2. The molecule has 2 aromatic rings. The van der Waals surface area contributed by atoms with Gasteiger partial charge in [0.25, 0.3) is 5.91 Å². The first kappa shape index (κ1) is 25.0. The fourth-order valence-corrected chi connectivity index (χ4v) is 3.58. The van der Waals surface area contributed by atoms with Crippen molar-refractivity contribution in [3.8, 4) is 5.75 Å². The molecular formula is C24H30Cl2N2O3. The summed E-state index contributed by atoms with van der Waals surface area (Å²) in [5.41, 5.74) is 1.70. The van der Waals surface area contributed by atoms with Crippen LogP contribution in [0.1, 0.15) is 38.3 Å². The molecule has 0 spiro atoms. The fraction of sp³-hybridized carbons (Fsp3) is 0.417. The van der Waals surface area contributed by atoms with Crippen molar-refractivity contribution < 1.29 is 14.3 Å². The van der Waals surface area contributed by atoms with Gasteiger partial charge in [-0.05, 0) is 43.5 Å². The summed E-state index contributed by atoms with van der Waals surface area (Å²) in [5, 5.41) is 3.82. The molecule has 0 aliphatic carbocycles. The van der Waals surface area contributed by atoms with Gasteiger partial charge >= 0.3 is 0 Å². The van der Waals surface area contributed by atoms with Crippen LogP contribution in [0, 0.1) is 12.8 Å². The highest BCUT2D eigenvalue weighted by Gasteiger charge is 2.30. The molecule has 2 rings (SSSR count). The molecule has 2 aromatic carbocycles. The maximum Gasteiger partial charge on any atom is 0.261 e. The number of amides is 2. The molecule has 0 aliphatic heterocycles. The molecule has 5 nitrogen and oxygen atoms in total. The molecule has 0 aromatic heterocycles. The lowest BCUT2D eigenvalue weighted by atomic mass is 10.1. The summed E-state index contributed by atoms with van der Waals surface area (Å²) in [5.74, 6) is 0.367. The van der Waals surface area contributed by atoms with Crippen molar-refractivity contribution in [2.24, 2.45) is 5.92 Å². The molecule has 0 saturated carbocycles. The molecule has 0 radical (unpaired) electrons. The third-order valence-corrected chi connectivity index (χ3v) is 5.55. The van der Waals surface area contributed by atoms with Crippen LogP contribution in [0.15, 0.2) is 42.5 Å². The molecule has 0 bridgehead atoms. The van der Waals surface area contributed by atoms with E-state index >= 15 is 0 Å². The molecule has 0 unspecified atom stereocenters. The number of nitrogens with zero attached hydrogens (tertiary/aromatic N) is 1. The molecule has 7 heteroatoms. The van der Waals surface area contributed by atoms with Crippen molar-refractivity contribution in [3.63, 3.8) is 0 Å². The molecule has 1 atom stereocenters.